The number of halogens is 2. The molecule has 0 bridgehead atoms. The highest BCUT2D eigenvalue weighted by Crippen LogP contribution is 2.26. The summed E-state index contributed by atoms with van der Waals surface area (Å²) in [4.78, 5) is 28.5. The van der Waals surface area contributed by atoms with E-state index in [2.05, 4.69) is 5.32 Å². The van der Waals surface area contributed by atoms with Gasteiger partial charge < -0.3 is 15.0 Å². The molecule has 1 N–H and O–H groups in total. The number of nitrogens with zero attached hydrogens (tertiary/aromatic N) is 2. The third-order valence-electron chi connectivity index (χ3n) is 6.82. The number of sulfonamides is 1. The lowest BCUT2D eigenvalue weighted by atomic mass is 10.0. The molecule has 0 spiro atoms. The van der Waals surface area contributed by atoms with Crippen molar-refractivity contribution in [3.63, 3.8) is 0 Å². The molecule has 1 atom stereocenters. The molecule has 0 saturated carbocycles. The third kappa shape index (κ3) is 7.75. The second-order valence-electron chi connectivity index (χ2n) is 9.63. The maximum Gasteiger partial charge on any atom is 0.264 e. The molecule has 4 rings (SSSR count). The highest BCUT2D eigenvalue weighted by molar-refractivity contribution is 7.92. The lowest BCUT2D eigenvalue weighted by Gasteiger charge is -2.33. The van der Waals surface area contributed by atoms with Crippen molar-refractivity contribution in [2.24, 2.45) is 0 Å². The predicted octanol–water partition coefficient (Wildman–Crippen LogP) is 4.55. The molecule has 0 heterocycles. The summed E-state index contributed by atoms with van der Waals surface area (Å²) in [6.07, 6.45) is 0.134. The van der Waals surface area contributed by atoms with Crippen LogP contribution >= 0.6 is 0 Å². The summed E-state index contributed by atoms with van der Waals surface area (Å²) in [6.45, 7) is -0.812. The van der Waals surface area contributed by atoms with Gasteiger partial charge in [-0.2, -0.15) is 0 Å². The van der Waals surface area contributed by atoms with Gasteiger partial charge in [-0.15, -0.1) is 0 Å². The topological polar surface area (TPSA) is 96.0 Å². The number of rotatable bonds is 12. The lowest BCUT2D eigenvalue weighted by molar-refractivity contribution is -0.139. The van der Waals surface area contributed by atoms with Crippen molar-refractivity contribution in [3.05, 3.63) is 126 Å². The number of nitrogens with one attached hydrogen (secondary N) is 1. The molecule has 8 nitrogen and oxygen atoms in total. The molecule has 0 aliphatic rings. The van der Waals surface area contributed by atoms with Crippen molar-refractivity contribution in [1.82, 2.24) is 10.2 Å². The zero-order valence-electron chi connectivity index (χ0n) is 23.6. The normalized spacial score (nSPS) is 11.8. The van der Waals surface area contributed by atoms with E-state index in [4.69, 9.17) is 4.74 Å². The molecule has 0 unspecified atom stereocenters. The van der Waals surface area contributed by atoms with Gasteiger partial charge in [-0.1, -0.05) is 42.5 Å². The van der Waals surface area contributed by atoms with Crippen LogP contribution in [0.15, 0.2) is 108 Å². The van der Waals surface area contributed by atoms with E-state index >= 15 is 0 Å². The number of carbonyl (C=O) groups is 2. The number of likely N-dealkylation sites (N-methyl/N-ethyl adjacent to an activating group) is 1. The minimum absolute atomic E-state index is 0.0480. The van der Waals surface area contributed by atoms with Gasteiger partial charge in [0.15, 0.2) is 0 Å². The summed E-state index contributed by atoms with van der Waals surface area (Å²) in [5, 5.41) is 2.60. The Bertz CT molecular complexity index is 1630. The third-order valence-corrected chi connectivity index (χ3v) is 8.61. The van der Waals surface area contributed by atoms with Gasteiger partial charge in [0.1, 0.15) is 30.0 Å². The minimum Gasteiger partial charge on any atom is -0.497 e. The van der Waals surface area contributed by atoms with E-state index < -0.39 is 46.1 Å². The molecule has 224 valence electrons. The predicted molar refractivity (Wildman–Crippen MR) is 159 cm³/mol. The van der Waals surface area contributed by atoms with E-state index in [9.17, 15) is 26.8 Å². The van der Waals surface area contributed by atoms with Gasteiger partial charge in [0.2, 0.25) is 11.8 Å². The Balaban J connectivity index is 1.77. The number of anilines is 1. The molecule has 43 heavy (non-hydrogen) atoms. The zero-order valence-corrected chi connectivity index (χ0v) is 24.4. The van der Waals surface area contributed by atoms with Crippen molar-refractivity contribution in [2.75, 3.05) is 25.0 Å². The van der Waals surface area contributed by atoms with E-state index in [0.717, 1.165) is 22.0 Å². The highest BCUT2D eigenvalue weighted by Gasteiger charge is 2.34. The average Bonchev–Trinajstić information content (AvgIpc) is 3.03. The maximum atomic E-state index is 14.2. The minimum atomic E-state index is -4.35. The van der Waals surface area contributed by atoms with Gasteiger partial charge in [0.05, 0.1) is 17.7 Å². The van der Waals surface area contributed by atoms with E-state index in [-0.39, 0.29) is 23.5 Å². The smallest absolute Gasteiger partial charge is 0.264 e. The first-order chi connectivity index (χ1) is 20.6. The van der Waals surface area contributed by atoms with Crippen LogP contribution in [0.4, 0.5) is 14.5 Å². The summed E-state index contributed by atoms with van der Waals surface area (Å²) in [7, 11) is -1.46. The molecule has 0 fully saturated rings. The van der Waals surface area contributed by atoms with Crippen LogP contribution in [0.2, 0.25) is 0 Å². The van der Waals surface area contributed by atoms with Crippen molar-refractivity contribution in [3.8, 4) is 5.75 Å². The second-order valence-corrected chi connectivity index (χ2v) is 11.5. The van der Waals surface area contributed by atoms with Crippen LogP contribution in [0.1, 0.15) is 11.1 Å². The second kappa shape index (κ2) is 13.9. The Morgan fingerprint density at radius 1 is 0.814 bits per heavy atom. The van der Waals surface area contributed by atoms with E-state index in [1.807, 2.05) is 18.2 Å². The summed E-state index contributed by atoms with van der Waals surface area (Å²) >= 11 is 0. The number of hydrogen-bond donors (Lipinski definition) is 1. The van der Waals surface area contributed by atoms with Crippen molar-refractivity contribution >= 4 is 27.5 Å². The van der Waals surface area contributed by atoms with Gasteiger partial charge in [-0.25, -0.2) is 17.2 Å². The summed E-state index contributed by atoms with van der Waals surface area (Å²) < 4.78 is 61.4. The van der Waals surface area contributed by atoms with Gasteiger partial charge in [0, 0.05) is 20.0 Å². The zero-order chi connectivity index (χ0) is 31.0. The molecular weight excluding hydrogens is 576 g/mol. The first-order valence-electron chi connectivity index (χ1n) is 13.3. The maximum absolute atomic E-state index is 14.2. The highest BCUT2D eigenvalue weighted by atomic mass is 32.2. The van der Waals surface area contributed by atoms with E-state index in [1.54, 1.807) is 12.1 Å². The Labute approximate surface area is 249 Å². The summed E-state index contributed by atoms with van der Waals surface area (Å²) in [5.74, 6) is -1.79. The van der Waals surface area contributed by atoms with Crippen LogP contribution in [0, 0.1) is 11.6 Å². The van der Waals surface area contributed by atoms with Crippen LogP contribution in [0.25, 0.3) is 0 Å². The molecular formula is C32H31F2N3O5S. The van der Waals surface area contributed by atoms with Crippen LogP contribution < -0.4 is 14.4 Å². The number of methoxy groups -OCH3 is 1. The van der Waals surface area contributed by atoms with E-state index in [0.29, 0.717) is 11.3 Å². The molecule has 4 aromatic carbocycles. The number of hydrogen-bond acceptors (Lipinski definition) is 5. The standard InChI is InChI=1S/C32H31F2N3O5S/c1-35-32(39)30(20-23-6-4-3-5-7-23)36(21-24-8-10-25(33)11-9-24)31(38)22-37(27-14-12-26(34)13-15-27)43(40,41)29-18-16-28(42-2)17-19-29/h3-19,30H,20-22H2,1-2H3,(H,35,39)/t30-/m0/s1. The Hall–Kier alpha value is -4.77. The fraction of sp³-hybridized carbons (Fsp3) is 0.188. The van der Waals surface area contributed by atoms with E-state index in [1.165, 1.54) is 79.7 Å². The van der Waals surface area contributed by atoms with Crippen LogP contribution in [-0.2, 0) is 32.6 Å². The molecule has 0 aliphatic carbocycles. The van der Waals surface area contributed by atoms with Crippen molar-refractivity contribution in [2.45, 2.75) is 23.9 Å². The molecule has 0 aromatic heterocycles. The SMILES string of the molecule is CNC(=O)[C@H](Cc1ccccc1)N(Cc1ccc(F)cc1)C(=O)CN(c1ccc(F)cc1)S(=O)(=O)c1ccc(OC)cc1. The van der Waals surface area contributed by atoms with Crippen LogP contribution in [-0.4, -0.2) is 51.9 Å². The molecule has 0 radical (unpaired) electrons. The Morgan fingerprint density at radius 3 is 1.95 bits per heavy atom. The first kappa shape index (κ1) is 31.2. The Morgan fingerprint density at radius 2 is 1.40 bits per heavy atom. The van der Waals surface area contributed by atoms with Gasteiger partial charge in [0.25, 0.3) is 10.0 Å². The largest absolute Gasteiger partial charge is 0.497 e. The molecule has 2 amide bonds. The molecule has 4 aromatic rings. The Kier molecular flexibility index (Phi) is 10.1. The summed E-state index contributed by atoms with van der Waals surface area (Å²) in [6, 6.07) is 23.8. The van der Waals surface area contributed by atoms with Crippen molar-refractivity contribution < 1.29 is 31.5 Å². The molecule has 0 aliphatic heterocycles. The molecule has 0 saturated heterocycles. The molecule has 11 heteroatoms. The fourth-order valence-electron chi connectivity index (χ4n) is 4.52. The van der Waals surface area contributed by atoms with Gasteiger partial charge in [-0.3, -0.25) is 13.9 Å². The fourth-order valence-corrected chi connectivity index (χ4v) is 5.93. The number of benzene rings is 4. The summed E-state index contributed by atoms with van der Waals surface area (Å²) in [5.41, 5.74) is 1.35. The first-order valence-corrected chi connectivity index (χ1v) is 14.8. The van der Waals surface area contributed by atoms with Crippen LogP contribution in [0.5, 0.6) is 5.75 Å². The lowest BCUT2D eigenvalue weighted by Crippen LogP contribution is -2.53. The number of carbonyl (C=O) groups excluding carboxylic acids is 2. The quantitative estimate of drug-likeness (QED) is 0.255. The van der Waals surface area contributed by atoms with Gasteiger partial charge in [-0.05, 0) is 71.8 Å². The van der Waals surface area contributed by atoms with Crippen LogP contribution in [0.3, 0.4) is 0 Å². The van der Waals surface area contributed by atoms with Crippen molar-refractivity contribution in [1.29, 1.82) is 0 Å². The average molecular weight is 608 g/mol. The van der Waals surface area contributed by atoms with Gasteiger partial charge >= 0.3 is 0 Å². The number of amides is 2. The number of ether oxygens (including phenoxy) is 1. The monoisotopic (exact) mass is 607 g/mol.